The quantitative estimate of drug-likeness (QED) is 0.667. The maximum atomic E-state index is 13.9. The van der Waals surface area contributed by atoms with Crippen LogP contribution in [0.25, 0.3) is 11.1 Å². The fourth-order valence-corrected chi connectivity index (χ4v) is 2.17. The Hall–Kier alpha value is -2.37. The van der Waals surface area contributed by atoms with Gasteiger partial charge in [-0.1, -0.05) is 13.0 Å². The molecule has 0 aromatic heterocycles. The molecule has 116 valence electrons. The Balaban J connectivity index is 2.52. The number of aliphatic carboxylic acids is 1. The van der Waals surface area contributed by atoms with Crippen molar-refractivity contribution in [1.82, 2.24) is 0 Å². The Bertz CT molecular complexity index is 728. The van der Waals surface area contributed by atoms with Gasteiger partial charge in [0.2, 0.25) is 0 Å². The summed E-state index contributed by atoms with van der Waals surface area (Å²) in [6, 6.07) is 5.32. The number of rotatable bonds is 4. The van der Waals surface area contributed by atoms with Crippen molar-refractivity contribution in [1.29, 1.82) is 0 Å². The third kappa shape index (κ3) is 3.10. The minimum absolute atomic E-state index is 0.189. The number of carboxylic acid groups (broad SMARTS) is 1. The molecule has 0 spiro atoms. The van der Waals surface area contributed by atoms with E-state index in [9.17, 15) is 22.4 Å². The molecule has 0 saturated heterocycles. The Morgan fingerprint density at radius 3 is 2.27 bits per heavy atom. The van der Waals surface area contributed by atoms with Gasteiger partial charge in [0.05, 0.1) is 6.42 Å². The molecule has 0 fully saturated rings. The summed E-state index contributed by atoms with van der Waals surface area (Å²) in [5, 5.41) is 8.77. The molecule has 0 aliphatic heterocycles. The van der Waals surface area contributed by atoms with E-state index >= 15 is 0 Å². The molecule has 6 heteroatoms. The van der Waals surface area contributed by atoms with Gasteiger partial charge in [-0.3, -0.25) is 4.79 Å². The lowest BCUT2D eigenvalue weighted by Gasteiger charge is -2.13. The molecule has 2 aromatic carbocycles. The molecule has 2 aromatic rings. The maximum absolute atomic E-state index is 13.9. The van der Waals surface area contributed by atoms with Crippen LogP contribution in [0.3, 0.4) is 0 Å². The highest BCUT2D eigenvalue weighted by Crippen LogP contribution is 2.31. The molecule has 1 unspecified atom stereocenters. The van der Waals surface area contributed by atoms with Gasteiger partial charge in [0.15, 0.2) is 17.5 Å². The number of carbonyl (C=O) groups is 1. The van der Waals surface area contributed by atoms with Crippen LogP contribution in [0.15, 0.2) is 30.3 Å². The smallest absolute Gasteiger partial charge is 0.303 e. The second-order valence-electron chi connectivity index (χ2n) is 4.96. The molecule has 22 heavy (non-hydrogen) atoms. The van der Waals surface area contributed by atoms with E-state index in [4.69, 9.17) is 5.11 Å². The summed E-state index contributed by atoms with van der Waals surface area (Å²) in [5.74, 6) is -6.81. The number of hydrogen-bond acceptors (Lipinski definition) is 1. The van der Waals surface area contributed by atoms with Gasteiger partial charge in [0.25, 0.3) is 0 Å². The molecular weight excluding hydrogens is 300 g/mol. The topological polar surface area (TPSA) is 37.3 Å². The van der Waals surface area contributed by atoms with Crippen molar-refractivity contribution in [2.75, 3.05) is 0 Å². The Morgan fingerprint density at radius 1 is 1.00 bits per heavy atom. The second-order valence-corrected chi connectivity index (χ2v) is 4.96. The molecule has 0 saturated carbocycles. The molecule has 0 amide bonds. The van der Waals surface area contributed by atoms with Crippen molar-refractivity contribution in [3.63, 3.8) is 0 Å². The third-order valence-corrected chi connectivity index (χ3v) is 3.37. The van der Waals surface area contributed by atoms with Gasteiger partial charge < -0.3 is 5.11 Å². The first-order valence-corrected chi connectivity index (χ1v) is 6.46. The molecule has 2 nitrogen and oxygen atoms in total. The maximum Gasteiger partial charge on any atom is 0.303 e. The summed E-state index contributed by atoms with van der Waals surface area (Å²) in [6.07, 6.45) is -0.189. The highest BCUT2D eigenvalue weighted by atomic mass is 19.2. The average Bonchev–Trinajstić information content (AvgIpc) is 2.45. The van der Waals surface area contributed by atoms with Gasteiger partial charge in [-0.2, -0.15) is 0 Å². The standard InChI is InChI=1S/C16H12F4O2/c1-8(6-14(21)22)9-2-4-12(17)11(7-9)10-3-5-13(18)16(20)15(10)19/h2-5,7-8H,6H2,1H3,(H,21,22). The predicted molar refractivity (Wildman–Crippen MR) is 72.4 cm³/mol. The van der Waals surface area contributed by atoms with Gasteiger partial charge in [-0.25, -0.2) is 17.6 Å². The van der Waals surface area contributed by atoms with Crippen molar-refractivity contribution < 1.29 is 27.5 Å². The lowest BCUT2D eigenvalue weighted by molar-refractivity contribution is -0.137. The van der Waals surface area contributed by atoms with E-state index in [-0.39, 0.29) is 12.0 Å². The number of halogens is 4. The van der Waals surface area contributed by atoms with E-state index in [0.717, 1.165) is 12.1 Å². The summed E-state index contributed by atoms with van der Waals surface area (Å²) in [6.45, 7) is 1.62. The van der Waals surface area contributed by atoms with Crippen molar-refractivity contribution in [2.45, 2.75) is 19.3 Å². The molecule has 0 bridgehead atoms. The van der Waals surface area contributed by atoms with Crippen LogP contribution in [0.1, 0.15) is 24.8 Å². The fraction of sp³-hybridized carbons (Fsp3) is 0.188. The van der Waals surface area contributed by atoms with Crippen LogP contribution in [-0.4, -0.2) is 11.1 Å². The zero-order valence-electron chi connectivity index (χ0n) is 11.5. The van der Waals surface area contributed by atoms with E-state index in [1.165, 1.54) is 12.1 Å². The van der Waals surface area contributed by atoms with E-state index in [1.54, 1.807) is 6.92 Å². The lowest BCUT2D eigenvalue weighted by Crippen LogP contribution is -2.04. The molecule has 0 heterocycles. The van der Waals surface area contributed by atoms with E-state index in [0.29, 0.717) is 11.6 Å². The van der Waals surface area contributed by atoms with Crippen molar-refractivity contribution >= 4 is 5.97 Å². The minimum atomic E-state index is -1.68. The second kappa shape index (κ2) is 6.17. The van der Waals surface area contributed by atoms with Crippen molar-refractivity contribution in [3.05, 3.63) is 59.2 Å². The summed E-state index contributed by atoms with van der Waals surface area (Å²) in [4.78, 5) is 10.7. The van der Waals surface area contributed by atoms with Crippen LogP contribution < -0.4 is 0 Å². The first kappa shape index (κ1) is 16.0. The van der Waals surface area contributed by atoms with E-state index in [2.05, 4.69) is 0 Å². The molecule has 1 N–H and O–H groups in total. The normalized spacial score (nSPS) is 12.2. The largest absolute Gasteiger partial charge is 0.481 e. The third-order valence-electron chi connectivity index (χ3n) is 3.37. The fourth-order valence-electron chi connectivity index (χ4n) is 2.17. The van der Waals surface area contributed by atoms with Gasteiger partial charge in [0.1, 0.15) is 5.82 Å². The lowest BCUT2D eigenvalue weighted by atomic mass is 9.93. The molecule has 0 aliphatic rings. The molecule has 0 radical (unpaired) electrons. The monoisotopic (exact) mass is 312 g/mol. The summed E-state index contributed by atoms with van der Waals surface area (Å²) in [5.41, 5.74) is -0.199. The SMILES string of the molecule is CC(CC(=O)O)c1ccc(F)c(-c2ccc(F)c(F)c2F)c1. The summed E-state index contributed by atoms with van der Waals surface area (Å²) < 4.78 is 53.9. The minimum Gasteiger partial charge on any atom is -0.481 e. The number of benzene rings is 2. The molecule has 0 aliphatic carbocycles. The highest BCUT2D eigenvalue weighted by Gasteiger charge is 2.19. The van der Waals surface area contributed by atoms with Gasteiger partial charge in [-0.05, 0) is 35.7 Å². The van der Waals surface area contributed by atoms with Crippen LogP contribution in [-0.2, 0) is 4.79 Å². The van der Waals surface area contributed by atoms with Crippen LogP contribution in [0.4, 0.5) is 17.6 Å². The first-order chi connectivity index (χ1) is 10.3. The van der Waals surface area contributed by atoms with E-state index < -0.39 is 40.7 Å². The summed E-state index contributed by atoms with van der Waals surface area (Å²) >= 11 is 0. The van der Waals surface area contributed by atoms with Crippen LogP contribution in [0, 0.1) is 23.3 Å². The Kier molecular flexibility index (Phi) is 4.49. The average molecular weight is 312 g/mol. The van der Waals surface area contributed by atoms with Gasteiger partial charge in [0, 0.05) is 11.1 Å². The number of carboxylic acids is 1. The molecule has 2 rings (SSSR count). The Morgan fingerprint density at radius 2 is 1.64 bits per heavy atom. The predicted octanol–water partition coefficient (Wildman–Crippen LogP) is 4.49. The zero-order chi connectivity index (χ0) is 16.4. The van der Waals surface area contributed by atoms with Crippen molar-refractivity contribution in [3.8, 4) is 11.1 Å². The van der Waals surface area contributed by atoms with E-state index in [1.807, 2.05) is 0 Å². The molecular formula is C16H12F4O2. The number of hydrogen-bond donors (Lipinski definition) is 1. The Labute approximate surface area is 124 Å². The van der Waals surface area contributed by atoms with Crippen molar-refractivity contribution in [2.24, 2.45) is 0 Å². The van der Waals surface area contributed by atoms with Crippen LogP contribution in [0.2, 0.25) is 0 Å². The summed E-state index contributed by atoms with van der Waals surface area (Å²) in [7, 11) is 0. The zero-order valence-corrected chi connectivity index (χ0v) is 11.5. The van der Waals surface area contributed by atoms with Gasteiger partial charge in [-0.15, -0.1) is 0 Å². The van der Waals surface area contributed by atoms with Gasteiger partial charge >= 0.3 is 5.97 Å². The van der Waals surface area contributed by atoms with Crippen LogP contribution in [0.5, 0.6) is 0 Å². The van der Waals surface area contributed by atoms with Crippen LogP contribution >= 0.6 is 0 Å². The molecule has 1 atom stereocenters. The highest BCUT2D eigenvalue weighted by molar-refractivity contribution is 5.69. The first-order valence-electron chi connectivity index (χ1n) is 6.46.